The Morgan fingerprint density at radius 1 is 0.917 bits per heavy atom. The molecule has 1 N–H and O–H groups in total. The molecular weight excluding hydrogens is 297 g/mol. The molecule has 0 aromatic rings. The van der Waals surface area contributed by atoms with Gasteiger partial charge in [0.05, 0.1) is 12.7 Å². The summed E-state index contributed by atoms with van der Waals surface area (Å²) in [5.41, 5.74) is 0. The summed E-state index contributed by atoms with van der Waals surface area (Å²) in [5, 5.41) is 3.60. The lowest BCUT2D eigenvalue weighted by atomic mass is 9.95. The van der Waals surface area contributed by atoms with Gasteiger partial charge in [-0.1, -0.05) is 77.6 Å². The van der Waals surface area contributed by atoms with Crippen LogP contribution in [-0.2, 0) is 9.47 Å². The van der Waals surface area contributed by atoms with Crippen LogP contribution in [0.4, 0.5) is 0 Å². The number of hydrogen-bond donors (Lipinski definition) is 1. The molecule has 140 valence electrons. The van der Waals surface area contributed by atoms with Crippen LogP contribution in [-0.4, -0.2) is 46.3 Å². The van der Waals surface area contributed by atoms with Gasteiger partial charge < -0.3 is 14.8 Å². The van der Waals surface area contributed by atoms with Crippen LogP contribution in [0.1, 0.15) is 90.4 Å². The highest BCUT2D eigenvalue weighted by molar-refractivity contribution is 6.11. The Morgan fingerprint density at radius 2 is 1.46 bits per heavy atom. The molecule has 4 heteroatoms. The molecule has 0 spiro atoms. The molecule has 0 bridgehead atoms. The molecule has 0 aromatic carbocycles. The maximum Gasteiger partial charge on any atom is 0.109 e. The van der Waals surface area contributed by atoms with E-state index in [-0.39, 0.29) is 12.1 Å². The van der Waals surface area contributed by atoms with Crippen molar-refractivity contribution in [2.24, 2.45) is 0 Å². The Kier molecular flexibility index (Phi) is 13.9. The minimum Gasteiger partial charge on any atom is -0.382 e. The maximum absolute atomic E-state index is 5.87. The summed E-state index contributed by atoms with van der Waals surface area (Å²) in [7, 11) is 7.59. The van der Waals surface area contributed by atoms with Gasteiger partial charge in [-0.3, -0.25) is 0 Å². The third-order valence-electron chi connectivity index (χ3n) is 5.05. The fourth-order valence-corrected chi connectivity index (χ4v) is 3.56. The number of nitrogens with one attached hydrogen (secondary N) is 1. The second-order valence-electron chi connectivity index (χ2n) is 7.35. The summed E-state index contributed by atoms with van der Waals surface area (Å²) < 4.78 is 10.9. The summed E-state index contributed by atoms with van der Waals surface area (Å²) in [5.74, 6) is 0. The average Bonchev–Trinajstić information content (AvgIpc) is 2.92. The number of hydrogen-bond acceptors (Lipinski definition) is 3. The highest BCUT2D eigenvalue weighted by Crippen LogP contribution is 2.19. The van der Waals surface area contributed by atoms with Crippen molar-refractivity contribution in [2.75, 3.05) is 20.3 Å². The molecule has 1 heterocycles. The molecule has 1 aliphatic rings. The molecule has 0 saturated carbocycles. The van der Waals surface area contributed by atoms with Crippen LogP contribution in [0.25, 0.3) is 0 Å². The van der Waals surface area contributed by atoms with E-state index in [1.807, 2.05) is 0 Å². The van der Waals surface area contributed by atoms with Crippen LogP contribution in [0.5, 0.6) is 0 Å². The monoisotopic (exact) mass is 337 g/mol. The minimum absolute atomic E-state index is 0.113. The Bertz CT molecular complexity index is 278. The van der Waals surface area contributed by atoms with Crippen molar-refractivity contribution in [2.45, 2.75) is 109 Å². The molecule has 1 rings (SSSR count). The third kappa shape index (κ3) is 10.7. The molecule has 2 radical (unpaired) electrons. The first-order valence-electron chi connectivity index (χ1n) is 10.4. The van der Waals surface area contributed by atoms with E-state index in [0.717, 1.165) is 13.0 Å². The van der Waals surface area contributed by atoms with Gasteiger partial charge in [0.15, 0.2) is 0 Å². The number of rotatable bonds is 16. The van der Waals surface area contributed by atoms with E-state index in [4.69, 9.17) is 17.3 Å². The van der Waals surface area contributed by atoms with Gasteiger partial charge in [0.2, 0.25) is 0 Å². The number of unbranched alkanes of at least 4 members (excludes halogenated alkanes) is 11. The molecule has 0 aliphatic carbocycles. The van der Waals surface area contributed by atoms with Crippen molar-refractivity contribution < 1.29 is 9.47 Å². The fraction of sp³-hybridized carbons (Fsp3) is 1.00. The lowest BCUT2D eigenvalue weighted by Gasteiger charge is -2.19. The van der Waals surface area contributed by atoms with Crippen molar-refractivity contribution in [1.82, 2.24) is 5.32 Å². The molecule has 0 amide bonds. The van der Waals surface area contributed by atoms with Gasteiger partial charge in [-0.05, 0) is 19.4 Å². The summed E-state index contributed by atoms with van der Waals surface area (Å²) in [6.07, 6.45) is 17.7. The van der Waals surface area contributed by atoms with Crippen LogP contribution >= 0.6 is 0 Å². The Hall–Kier alpha value is -0.0551. The molecule has 3 nitrogen and oxygen atoms in total. The van der Waals surface area contributed by atoms with Crippen molar-refractivity contribution in [1.29, 1.82) is 0 Å². The van der Waals surface area contributed by atoms with Crippen LogP contribution in [0, 0.1) is 0 Å². The molecule has 1 aliphatic heterocycles. The summed E-state index contributed by atoms with van der Waals surface area (Å²) in [6, 6.07) is 0.220. The summed E-state index contributed by atoms with van der Waals surface area (Å²) in [4.78, 5) is 0. The fourth-order valence-electron chi connectivity index (χ4n) is 3.56. The minimum atomic E-state index is -0.135. The van der Waals surface area contributed by atoms with E-state index < -0.39 is 0 Å². The first kappa shape index (κ1) is 22.0. The Morgan fingerprint density at radius 3 is 2.00 bits per heavy atom. The molecule has 3 atom stereocenters. The topological polar surface area (TPSA) is 30.5 Å². The van der Waals surface area contributed by atoms with Crippen LogP contribution in [0.2, 0.25) is 0 Å². The maximum atomic E-state index is 5.87. The lowest BCUT2D eigenvalue weighted by molar-refractivity contribution is 0.0161. The van der Waals surface area contributed by atoms with Gasteiger partial charge in [-0.2, -0.15) is 0 Å². The van der Waals surface area contributed by atoms with Crippen molar-refractivity contribution in [3.63, 3.8) is 0 Å². The molecule has 1 saturated heterocycles. The number of ether oxygens (including phenoxy) is 2. The largest absolute Gasteiger partial charge is 0.382 e. The van der Waals surface area contributed by atoms with Crippen LogP contribution < -0.4 is 5.32 Å². The van der Waals surface area contributed by atoms with E-state index in [1.54, 1.807) is 7.11 Å². The van der Waals surface area contributed by atoms with Gasteiger partial charge in [-0.15, -0.1) is 0 Å². The molecule has 0 aromatic heterocycles. The van der Waals surface area contributed by atoms with E-state index in [1.165, 1.54) is 77.0 Å². The predicted octanol–water partition coefficient (Wildman–Crippen LogP) is 4.58. The zero-order chi connectivity index (χ0) is 17.5. The molecular formula is C20H40BNO2. The van der Waals surface area contributed by atoms with E-state index in [2.05, 4.69) is 12.2 Å². The summed E-state index contributed by atoms with van der Waals surface area (Å²) >= 11 is 0. The Balaban J connectivity index is 1.83. The predicted molar refractivity (Wildman–Crippen MR) is 104 cm³/mol. The Labute approximate surface area is 152 Å². The van der Waals surface area contributed by atoms with Gasteiger partial charge in [0, 0.05) is 19.2 Å². The average molecular weight is 337 g/mol. The van der Waals surface area contributed by atoms with Crippen LogP contribution in [0.3, 0.4) is 0 Å². The standard InChI is InChI=1S/C20H40BNO2/c1-3-4-5-6-7-8-9-10-11-12-13-14-15-22-18-16-20(21)24-19(18)17-23-2/h18-20,22H,3-17H2,1-2H3/t18?,19-,20-/m1/s1. The lowest BCUT2D eigenvalue weighted by Crippen LogP contribution is -2.39. The quantitative estimate of drug-likeness (QED) is 0.330. The summed E-state index contributed by atoms with van der Waals surface area (Å²) in [6.45, 7) is 3.98. The zero-order valence-electron chi connectivity index (χ0n) is 16.2. The van der Waals surface area contributed by atoms with Gasteiger partial charge >= 0.3 is 0 Å². The van der Waals surface area contributed by atoms with Gasteiger partial charge in [0.25, 0.3) is 0 Å². The van der Waals surface area contributed by atoms with Crippen molar-refractivity contribution in [3.8, 4) is 0 Å². The first-order valence-corrected chi connectivity index (χ1v) is 10.4. The first-order chi connectivity index (χ1) is 11.8. The smallest absolute Gasteiger partial charge is 0.109 e. The normalized spacial score (nSPS) is 23.8. The molecule has 1 unspecified atom stereocenters. The van der Waals surface area contributed by atoms with Crippen LogP contribution in [0.15, 0.2) is 0 Å². The van der Waals surface area contributed by atoms with E-state index in [9.17, 15) is 0 Å². The molecule has 24 heavy (non-hydrogen) atoms. The second kappa shape index (κ2) is 15.2. The van der Waals surface area contributed by atoms with Crippen molar-refractivity contribution >= 4 is 7.85 Å². The zero-order valence-corrected chi connectivity index (χ0v) is 16.2. The molecule has 1 fully saturated rings. The SMILES string of the molecule is [B][C@H]1CC(NCCCCCCCCCCCCCC)[C@@H](COC)O1. The second-order valence-corrected chi connectivity index (χ2v) is 7.35. The van der Waals surface area contributed by atoms with E-state index in [0.29, 0.717) is 12.6 Å². The van der Waals surface area contributed by atoms with E-state index >= 15 is 0 Å². The third-order valence-corrected chi connectivity index (χ3v) is 5.05. The number of methoxy groups -OCH3 is 1. The van der Waals surface area contributed by atoms with Gasteiger partial charge in [0.1, 0.15) is 7.85 Å². The van der Waals surface area contributed by atoms with Crippen molar-refractivity contribution in [3.05, 3.63) is 0 Å². The highest BCUT2D eigenvalue weighted by atomic mass is 16.5. The van der Waals surface area contributed by atoms with Gasteiger partial charge in [-0.25, -0.2) is 0 Å². The highest BCUT2D eigenvalue weighted by Gasteiger charge is 2.31.